The molecule has 6 nitrogen and oxygen atoms in total. The Morgan fingerprint density at radius 2 is 1.74 bits per heavy atom. The molecular weight excluding hydrogens is 410 g/mol. The van der Waals surface area contributed by atoms with Gasteiger partial charge in [0.05, 0.1) is 34.5 Å². The minimum absolute atomic E-state index is 0.181. The number of carbonyl (C=O) groups excluding carboxylic acids is 1. The number of nitrogens with one attached hydrogen (secondary N) is 1. The molecule has 156 valence electrons. The molecule has 4 aromatic rings. The van der Waals surface area contributed by atoms with Crippen LogP contribution in [0.25, 0.3) is 11.5 Å². The van der Waals surface area contributed by atoms with E-state index in [9.17, 15) is 9.00 Å². The van der Waals surface area contributed by atoms with Crippen LogP contribution in [0.5, 0.6) is 0 Å². The van der Waals surface area contributed by atoms with Crippen molar-refractivity contribution in [1.82, 2.24) is 15.3 Å². The number of aryl methyl sites for hydroxylation is 1. The molecule has 1 amide bonds. The highest BCUT2D eigenvalue weighted by atomic mass is 32.2. The van der Waals surface area contributed by atoms with E-state index < -0.39 is 10.8 Å². The number of benzene rings is 2. The summed E-state index contributed by atoms with van der Waals surface area (Å²) in [5.74, 6) is 1.18. The summed E-state index contributed by atoms with van der Waals surface area (Å²) in [5.41, 5.74) is 2.74. The largest absolute Gasteiger partial charge is 0.441 e. The summed E-state index contributed by atoms with van der Waals surface area (Å²) in [4.78, 5) is 21.8. The highest BCUT2D eigenvalue weighted by Crippen LogP contribution is 2.24. The van der Waals surface area contributed by atoms with Gasteiger partial charge in [0.15, 0.2) is 0 Å². The molecule has 1 atom stereocenters. The van der Waals surface area contributed by atoms with Crippen LogP contribution in [0.3, 0.4) is 0 Å². The molecule has 0 aliphatic rings. The van der Waals surface area contributed by atoms with Crippen molar-refractivity contribution in [3.63, 3.8) is 0 Å². The maximum absolute atomic E-state index is 12.6. The van der Waals surface area contributed by atoms with Crippen LogP contribution in [0.15, 0.2) is 88.3 Å². The van der Waals surface area contributed by atoms with Crippen LogP contribution in [0.4, 0.5) is 0 Å². The first-order valence-corrected chi connectivity index (χ1v) is 11.1. The Morgan fingerprint density at radius 3 is 2.45 bits per heavy atom. The molecule has 1 N–H and O–H groups in total. The second kappa shape index (κ2) is 9.49. The molecule has 0 bridgehead atoms. The number of carbonyl (C=O) groups is 1. The Balaban J connectivity index is 1.42. The Kier molecular flexibility index (Phi) is 6.33. The van der Waals surface area contributed by atoms with E-state index in [0.717, 1.165) is 16.2 Å². The standard InChI is InChI=1S/C24H21N3O3S/c1-17-22(16-31(29)21-8-3-2-4-9-21)27-24(30-17)19-12-10-18(11-13-19)23(28)26-15-20-7-5-6-14-25-20/h2-14H,15-16H2,1H3,(H,26,28)/t31-/m0/s1. The van der Waals surface area contributed by atoms with E-state index in [-0.39, 0.29) is 11.7 Å². The quantitative estimate of drug-likeness (QED) is 0.472. The first-order valence-electron chi connectivity index (χ1n) is 9.78. The molecule has 0 saturated heterocycles. The summed E-state index contributed by atoms with van der Waals surface area (Å²) in [6.45, 7) is 2.18. The maximum Gasteiger partial charge on any atom is 0.251 e. The molecule has 0 saturated carbocycles. The van der Waals surface area contributed by atoms with Gasteiger partial charge in [0.25, 0.3) is 5.91 Å². The van der Waals surface area contributed by atoms with Crippen molar-refractivity contribution in [2.75, 3.05) is 0 Å². The number of oxazole rings is 1. The van der Waals surface area contributed by atoms with E-state index in [2.05, 4.69) is 15.3 Å². The molecule has 4 rings (SSSR count). The molecule has 0 aliphatic heterocycles. The summed E-state index contributed by atoms with van der Waals surface area (Å²) < 4.78 is 18.4. The molecule has 7 heteroatoms. The van der Waals surface area contributed by atoms with Crippen LogP contribution in [-0.4, -0.2) is 20.1 Å². The SMILES string of the molecule is Cc1oc(-c2ccc(C(=O)NCc3ccccn3)cc2)nc1C[S@](=O)c1ccccc1. The highest BCUT2D eigenvalue weighted by molar-refractivity contribution is 7.84. The van der Waals surface area contributed by atoms with Gasteiger partial charge in [-0.25, -0.2) is 4.98 Å². The second-order valence-electron chi connectivity index (χ2n) is 6.91. The minimum Gasteiger partial charge on any atom is -0.441 e. The number of nitrogens with zero attached hydrogens (tertiary/aromatic N) is 2. The van der Waals surface area contributed by atoms with Gasteiger partial charge < -0.3 is 9.73 Å². The normalized spacial score (nSPS) is 11.8. The fourth-order valence-corrected chi connectivity index (χ4v) is 4.15. The Bertz CT molecular complexity index is 1190. The number of amides is 1. The van der Waals surface area contributed by atoms with E-state index in [1.807, 2.05) is 55.5 Å². The average molecular weight is 432 g/mol. The van der Waals surface area contributed by atoms with Gasteiger partial charge in [-0.3, -0.25) is 14.0 Å². The summed E-state index contributed by atoms with van der Waals surface area (Å²) in [5, 5.41) is 2.85. The first kappa shape index (κ1) is 20.7. The minimum atomic E-state index is -1.20. The Hall–Kier alpha value is -3.58. The van der Waals surface area contributed by atoms with Gasteiger partial charge in [-0.05, 0) is 55.5 Å². The van der Waals surface area contributed by atoms with E-state index in [0.29, 0.717) is 29.5 Å². The topological polar surface area (TPSA) is 85.1 Å². The molecule has 0 aliphatic carbocycles. The summed E-state index contributed by atoms with van der Waals surface area (Å²) in [7, 11) is -1.20. The molecule has 2 aromatic carbocycles. The number of rotatable bonds is 7. The van der Waals surface area contributed by atoms with Crippen molar-refractivity contribution in [3.8, 4) is 11.5 Å². The maximum atomic E-state index is 12.6. The molecule has 2 heterocycles. The van der Waals surface area contributed by atoms with Crippen LogP contribution in [-0.2, 0) is 23.1 Å². The zero-order valence-corrected chi connectivity index (χ0v) is 17.8. The van der Waals surface area contributed by atoms with Crippen molar-refractivity contribution >= 4 is 16.7 Å². The number of hydrogen-bond donors (Lipinski definition) is 1. The highest BCUT2D eigenvalue weighted by Gasteiger charge is 2.15. The molecule has 31 heavy (non-hydrogen) atoms. The van der Waals surface area contributed by atoms with Gasteiger partial charge in [-0.15, -0.1) is 0 Å². The third-order valence-corrected chi connectivity index (χ3v) is 6.05. The summed E-state index contributed by atoms with van der Waals surface area (Å²) in [6.07, 6.45) is 1.69. The number of pyridine rings is 1. The lowest BCUT2D eigenvalue weighted by Gasteiger charge is -2.05. The van der Waals surface area contributed by atoms with Crippen LogP contribution in [0, 0.1) is 6.92 Å². The molecular formula is C24H21N3O3S. The smallest absolute Gasteiger partial charge is 0.251 e. The fraction of sp³-hybridized carbons (Fsp3) is 0.125. The fourth-order valence-electron chi connectivity index (χ4n) is 3.00. The molecule has 0 unspecified atom stereocenters. The van der Waals surface area contributed by atoms with Gasteiger partial charge in [-0.1, -0.05) is 24.3 Å². The lowest BCUT2D eigenvalue weighted by atomic mass is 10.1. The van der Waals surface area contributed by atoms with Crippen LogP contribution >= 0.6 is 0 Å². The number of aromatic nitrogens is 2. The van der Waals surface area contributed by atoms with E-state index in [1.54, 1.807) is 30.5 Å². The van der Waals surface area contributed by atoms with Gasteiger partial charge in [-0.2, -0.15) is 0 Å². The Morgan fingerprint density at radius 1 is 1.00 bits per heavy atom. The van der Waals surface area contributed by atoms with E-state index in [1.165, 1.54) is 0 Å². The van der Waals surface area contributed by atoms with Crippen molar-refractivity contribution in [3.05, 3.63) is 102 Å². The summed E-state index contributed by atoms with van der Waals surface area (Å²) >= 11 is 0. The van der Waals surface area contributed by atoms with Crippen LogP contribution < -0.4 is 5.32 Å². The summed E-state index contributed by atoms with van der Waals surface area (Å²) in [6, 6.07) is 21.9. The molecule has 0 fully saturated rings. The van der Waals surface area contributed by atoms with E-state index >= 15 is 0 Å². The average Bonchev–Trinajstić information content (AvgIpc) is 3.19. The monoisotopic (exact) mass is 431 g/mol. The van der Waals surface area contributed by atoms with Gasteiger partial charge in [0, 0.05) is 22.2 Å². The van der Waals surface area contributed by atoms with Gasteiger partial charge in [0.2, 0.25) is 5.89 Å². The lowest BCUT2D eigenvalue weighted by Crippen LogP contribution is -2.23. The predicted octanol–water partition coefficient (Wildman–Crippen LogP) is 4.28. The zero-order valence-electron chi connectivity index (χ0n) is 16.9. The third-order valence-electron chi connectivity index (χ3n) is 4.72. The molecule has 0 radical (unpaired) electrons. The lowest BCUT2D eigenvalue weighted by molar-refractivity contribution is 0.0950. The predicted molar refractivity (Wildman–Crippen MR) is 119 cm³/mol. The van der Waals surface area contributed by atoms with Gasteiger partial charge >= 0.3 is 0 Å². The third kappa shape index (κ3) is 5.13. The van der Waals surface area contributed by atoms with Crippen molar-refractivity contribution in [2.24, 2.45) is 0 Å². The molecule has 2 aromatic heterocycles. The van der Waals surface area contributed by atoms with Crippen molar-refractivity contribution < 1.29 is 13.4 Å². The van der Waals surface area contributed by atoms with Crippen molar-refractivity contribution in [1.29, 1.82) is 0 Å². The second-order valence-corrected chi connectivity index (χ2v) is 8.36. The van der Waals surface area contributed by atoms with Gasteiger partial charge in [0.1, 0.15) is 5.76 Å². The first-order chi connectivity index (χ1) is 15.1. The van der Waals surface area contributed by atoms with Crippen LogP contribution in [0.1, 0.15) is 27.5 Å². The Labute approximate surface area is 182 Å². The molecule has 0 spiro atoms. The zero-order chi connectivity index (χ0) is 21.6. The van der Waals surface area contributed by atoms with E-state index in [4.69, 9.17) is 4.42 Å². The van der Waals surface area contributed by atoms with Crippen LogP contribution in [0.2, 0.25) is 0 Å². The number of hydrogen-bond acceptors (Lipinski definition) is 5. The van der Waals surface area contributed by atoms with Crippen molar-refractivity contribution in [2.45, 2.75) is 24.1 Å².